The number of hydrogen-bond donors (Lipinski definition) is 1. The summed E-state index contributed by atoms with van der Waals surface area (Å²) in [7, 11) is 0. The van der Waals surface area contributed by atoms with Crippen molar-refractivity contribution in [2.75, 3.05) is 0 Å². The Bertz CT molecular complexity index is 256. The molecule has 0 atom stereocenters. The van der Waals surface area contributed by atoms with Crippen molar-refractivity contribution in [3.8, 4) is 0 Å². The smallest absolute Gasteiger partial charge is 0.244 e. The molecule has 1 N–H and O–H groups in total. The maximum absolute atomic E-state index is 11.6. The topological polar surface area (TPSA) is 49.5 Å². The lowest BCUT2D eigenvalue weighted by molar-refractivity contribution is -0.616. The van der Waals surface area contributed by atoms with Crippen LogP contribution in [0.25, 0.3) is 0 Å². The van der Waals surface area contributed by atoms with Crippen molar-refractivity contribution in [2.45, 2.75) is 52.2 Å². The van der Waals surface area contributed by atoms with Gasteiger partial charge in [-0.1, -0.05) is 0 Å². The predicted molar refractivity (Wildman–Crippen MR) is 50.7 cm³/mol. The molecule has 0 aromatic carbocycles. The van der Waals surface area contributed by atoms with Gasteiger partial charge in [-0.05, 0) is 13.8 Å². The standard InChI is InChI=1S/C9H18N2O2/c1-7-6-8(2,3)11(13)9(4,5)10(7)12/h13H,6H2,1-5H3. The van der Waals surface area contributed by atoms with Crippen LogP contribution in [0.4, 0.5) is 0 Å². The molecule has 4 nitrogen and oxygen atoms in total. The van der Waals surface area contributed by atoms with Crippen molar-refractivity contribution in [3.05, 3.63) is 5.21 Å². The fourth-order valence-electron chi connectivity index (χ4n) is 2.07. The Morgan fingerprint density at radius 3 is 2.31 bits per heavy atom. The van der Waals surface area contributed by atoms with Gasteiger partial charge < -0.3 is 10.4 Å². The van der Waals surface area contributed by atoms with Crippen LogP contribution in [0, 0.1) is 5.21 Å². The molecule has 0 aromatic rings. The van der Waals surface area contributed by atoms with E-state index in [1.165, 1.54) is 0 Å². The highest BCUT2D eigenvalue weighted by Crippen LogP contribution is 2.31. The lowest BCUT2D eigenvalue weighted by atomic mass is 9.91. The molecule has 0 aliphatic carbocycles. The maximum Gasteiger partial charge on any atom is 0.244 e. The van der Waals surface area contributed by atoms with Crippen LogP contribution in [0.5, 0.6) is 0 Å². The number of hydroxylamine groups is 3. The SMILES string of the molecule is CC1=[N+]([O-])C(C)(C)N(O)C(C)(C)C1. The monoisotopic (exact) mass is 186 g/mol. The molecular weight excluding hydrogens is 168 g/mol. The number of nitrogens with zero attached hydrogens (tertiary/aromatic N) is 2. The summed E-state index contributed by atoms with van der Waals surface area (Å²) in [6, 6.07) is 0. The molecule has 0 fully saturated rings. The molecule has 0 saturated carbocycles. The molecule has 1 aliphatic heterocycles. The highest BCUT2D eigenvalue weighted by molar-refractivity contribution is 5.78. The van der Waals surface area contributed by atoms with Crippen molar-refractivity contribution in [2.24, 2.45) is 0 Å². The van der Waals surface area contributed by atoms with Crippen LogP contribution in [-0.2, 0) is 0 Å². The molecule has 1 rings (SSSR count). The van der Waals surface area contributed by atoms with Crippen LogP contribution in [0.15, 0.2) is 0 Å². The van der Waals surface area contributed by atoms with Crippen molar-refractivity contribution in [1.29, 1.82) is 0 Å². The van der Waals surface area contributed by atoms with E-state index >= 15 is 0 Å². The van der Waals surface area contributed by atoms with Crippen molar-refractivity contribution < 1.29 is 9.95 Å². The van der Waals surface area contributed by atoms with Crippen molar-refractivity contribution >= 4 is 5.71 Å². The Labute approximate surface area is 79.0 Å². The second kappa shape index (κ2) is 2.69. The highest BCUT2D eigenvalue weighted by Gasteiger charge is 2.48. The molecule has 0 saturated heterocycles. The van der Waals surface area contributed by atoms with E-state index in [2.05, 4.69) is 0 Å². The summed E-state index contributed by atoms with van der Waals surface area (Å²) in [5.74, 6) is 0. The minimum absolute atomic E-state index is 0.367. The van der Waals surface area contributed by atoms with E-state index in [-0.39, 0.29) is 5.54 Å². The molecule has 76 valence electrons. The van der Waals surface area contributed by atoms with Crippen molar-refractivity contribution in [3.63, 3.8) is 0 Å². The van der Waals surface area contributed by atoms with E-state index in [4.69, 9.17) is 0 Å². The van der Waals surface area contributed by atoms with Gasteiger partial charge in [-0.2, -0.15) is 4.74 Å². The third-order valence-electron chi connectivity index (χ3n) is 2.62. The molecule has 1 heterocycles. The van der Waals surface area contributed by atoms with Gasteiger partial charge in [0.2, 0.25) is 5.66 Å². The van der Waals surface area contributed by atoms with Crippen LogP contribution < -0.4 is 0 Å². The van der Waals surface area contributed by atoms with Gasteiger partial charge in [0.25, 0.3) is 0 Å². The van der Waals surface area contributed by atoms with E-state index < -0.39 is 5.66 Å². The van der Waals surface area contributed by atoms with Crippen LogP contribution in [0.3, 0.4) is 0 Å². The Morgan fingerprint density at radius 1 is 1.38 bits per heavy atom. The maximum atomic E-state index is 11.6. The van der Waals surface area contributed by atoms with Gasteiger partial charge in [0, 0.05) is 27.2 Å². The normalized spacial score (nSPS) is 27.8. The molecule has 0 aromatic heterocycles. The molecular formula is C9H18N2O2. The van der Waals surface area contributed by atoms with Crippen LogP contribution >= 0.6 is 0 Å². The molecule has 0 amide bonds. The van der Waals surface area contributed by atoms with E-state index in [1.54, 1.807) is 13.8 Å². The molecule has 13 heavy (non-hydrogen) atoms. The first-order chi connectivity index (χ1) is 5.69. The summed E-state index contributed by atoms with van der Waals surface area (Å²) in [6.07, 6.45) is 0.594. The zero-order valence-electron chi connectivity index (χ0n) is 8.96. The van der Waals surface area contributed by atoms with Gasteiger partial charge in [0.1, 0.15) is 0 Å². The van der Waals surface area contributed by atoms with E-state index in [0.717, 1.165) is 15.5 Å². The zero-order valence-corrected chi connectivity index (χ0v) is 8.96. The van der Waals surface area contributed by atoms with Gasteiger partial charge in [0.05, 0.1) is 5.54 Å². The predicted octanol–water partition coefficient (Wildman–Crippen LogP) is 1.57. The summed E-state index contributed by atoms with van der Waals surface area (Å²) < 4.78 is 0.873. The summed E-state index contributed by atoms with van der Waals surface area (Å²) in [5.41, 5.74) is -0.472. The lowest BCUT2D eigenvalue weighted by Crippen LogP contribution is -2.63. The van der Waals surface area contributed by atoms with E-state index in [0.29, 0.717) is 6.42 Å². The van der Waals surface area contributed by atoms with Crippen LogP contribution in [0.2, 0.25) is 0 Å². The first-order valence-corrected chi connectivity index (χ1v) is 4.48. The average molecular weight is 186 g/mol. The Hall–Kier alpha value is -0.610. The minimum atomic E-state index is -0.869. The van der Waals surface area contributed by atoms with Gasteiger partial charge >= 0.3 is 0 Å². The van der Waals surface area contributed by atoms with E-state index in [9.17, 15) is 10.4 Å². The molecule has 0 unspecified atom stereocenters. The summed E-state index contributed by atoms with van der Waals surface area (Å²) >= 11 is 0. The second-order valence-electron chi connectivity index (χ2n) is 4.83. The van der Waals surface area contributed by atoms with E-state index in [1.807, 2.05) is 20.8 Å². The Kier molecular flexibility index (Phi) is 2.16. The average Bonchev–Trinajstić information content (AvgIpc) is 1.98. The fourth-order valence-corrected chi connectivity index (χ4v) is 2.07. The molecule has 0 bridgehead atoms. The first-order valence-electron chi connectivity index (χ1n) is 4.48. The summed E-state index contributed by atoms with van der Waals surface area (Å²) in [6.45, 7) is 9.08. The molecule has 4 heteroatoms. The quantitative estimate of drug-likeness (QED) is 0.461. The van der Waals surface area contributed by atoms with Crippen LogP contribution in [-0.4, -0.2) is 31.9 Å². The molecule has 0 radical (unpaired) electrons. The van der Waals surface area contributed by atoms with Crippen LogP contribution in [0.1, 0.15) is 41.0 Å². The van der Waals surface area contributed by atoms with Gasteiger partial charge in [-0.15, -0.1) is 5.06 Å². The zero-order chi connectivity index (χ0) is 10.4. The number of rotatable bonds is 0. The minimum Gasteiger partial charge on any atom is -0.622 e. The largest absolute Gasteiger partial charge is 0.622 e. The highest BCUT2D eigenvalue weighted by atomic mass is 16.5. The van der Waals surface area contributed by atoms with Gasteiger partial charge in [-0.25, -0.2) is 0 Å². The number of hydrogen-bond acceptors (Lipinski definition) is 3. The summed E-state index contributed by atoms with van der Waals surface area (Å²) in [4.78, 5) is 0. The third kappa shape index (κ3) is 1.44. The third-order valence-corrected chi connectivity index (χ3v) is 2.62. The first kappa shape index (κ1) is 10.5. The Morgan fingerprint density at radius 2 is 1.85 bits per heavy atom. The van der Waals surface area contributed by atoms with Gasteiger partial charge in [0.15, 0.2) is 5.71 Å². The van der Waals surface area contributed by atoms with Crippen molar-refractivity contribution in [1.82, 2.24) is 5.06 Å². The van der Waals surface area contributed by atoms with Gasteiger partial charge in [-0.3, -0.25) is 0 Å². The summed E-state index contributed by atoms with van der Waals surface area (Å²) in [5, 5.41) is 22.6. The Balaban J connectivity index is 3.18. The lowest BCUT2D eigenvalue weighted by Gasteiger charge is -2.45. The fraction of sp³-hybridized carbons (Fsp3) is 0.889. The molecule has 0 spiro atoms. The molecule has 1 aliphatic rings. The second-order valence-corrected chi connectivity index (χ2v) is 4.83.